The highest BCUT2D eigenvalue weighted by Crippen LogP contribution is 2.14. The first kappa shape index (κ1) is 23.5. The molecule has 28 heavy (non-hydrogen) atoms. The molecule has 3 N–H and O–H groups in total. The van der Waals surface area contributed by atoms with Crippen molar-refractivity contribution in [3.63, 3.8) is 0 Å². The van der Waals surface area contributed by atoms with Gasteiger partial charge < -0.3 is 25.4 Å². The highest BCUT2D eigenvalue weighted by Gasteiger charge is 2.07. The molecule has 8 heteroatoms. The molecule has 1 amide bonds. The van der Waals surface area contributed by atoms with Crippen LogP contribution in [0.4, 0.5) is 0 Å². The molecule has 152 valence electrons. The normalized spacial score (nSPS) is 10.6. The zero-order valence-corrected chi connectivity index (χ0v) is 18.7. The zero-order chi connectivity index (χ0) is 19.6. The Morgan fingerprint density at radius 2 is 1.86 bits per heavy atom. The molecule has 7 nitrogen and oxygen atoms in total. The summed E-state index contributed by atoms with van der Waals surface area (Å²) in [6, 6.07) is 15.4. The molecule has 0 saturated heterocycles. The molecular weight excluding hydrogens is 471 g/mol. The van der Waals surface area contributed by atoms with Gasteiger partial charge in [-0.25, -0.2) is 0 Å². The Hall–Kier alpha value is -2.49. The lowest BCUT2D eigenvalue weighted by molar-refractivity contribution is -0.119. The van der Waals surface area contributed by atoms with Crippen LogP contribution < -0.4 is 20.5 Å². The molecule has 0 saturated carbocycles. The lowest BCUT2D eigenvalue weighted by atomic mass is 10.2. The number of methoxy groups -OCH3 is 1. The molecule has 0 aliphatic rings. The second-order valence-electron chi connectivity index (χ2n) is 6.01. The summed E-state index contributed by atoms with van der Waals surface area (Å²) in [5.41, 5.74) is 7.27. The molecule has 2 aromatic carbocycles. The van der Waals surface area contributed by atoms with Crippen molar-refractivity contribution in [2.45, 2.75) is 13.1 Å². The number of nitrogens with zero attached hydrogens (tertiary/aromatic N) is 2. The minimum Gasteiger partial charge on any atom is -0.497 e. The standard InChI is InChI=1S/C20H26N4O3.HI/c1-22-20(24(2)13-15-7-9-17(26-3)10-8-15)23-12-16-5-4-6-18(11-16)27-14-19(21)25;/h4-11H,12-14H2,1-3H3,(H2,21,25)(H,22,23);1H. The third-order valence-electron chi connectivity index (χ3n) is 3.88. The second kappa shape index (κ2) is 12.1. The van der Waals surface area contributed by atoms with Crippen molar-refractivity contribution in [2.24, 2.45) is 10.7 Å². The topological polar surface area (TPSA) is 89.2 Å². The maximum atomic E-state index is 10.8. The summed E-state index contributed by atoms with van der Waals surface area (Å²) in [4.78, 5) is 17.2. The summed E-state index contributed by atoms with van der Waals surface area (Å²) in [7, 11) is 5.38. The first-order valence-corrected chi connectivity index (χ1v) is 8.56. The van der Waals surface area contributed by atoms with Crippen LogP contribution in [0.1, 0.15) is 11.1 Å². The third-order valence-corrected chi connectivity index (χ3v) is 3.88. The van der Waals surface area contributed by atoms with E-state index in [9.17, 15) is 4.79 Å². The van der Waals surface area contributed by atoms with Crippen molar-refractivity contribution in [1.29, 1.82) is 0 Å². The van der Waals surface area contributed by atoms with Gasteiger partial charge in [0.05, 0.1) is 7.11 Å². The molecule has 0 unspecified atom stereocenters. The molecular formula is C20H27IN4O3. The van der Waals surface area contributed by atoms with Crippen molar-refractivity contribution in [1.82, 2.24) is 10.2 Å². The fourth-order valence-electron chi connectivity index (χ4n) is 2.55. The molecule has 0 bridgehead atoms. The van der Waals surface area contributed by atoms with Crippen LogP contribution in [0.25, 0.3) is 0 Å². The highest BCUT2D eigenvalue weighted by molar-refractivity contribution is 14.0. The Kier molecular flexibility index (Phi) is 10.1. The monoisotopic (exact) mass is 498 g/mol. The van der Waals surface area contributed by atoms with Crippen LogP contribution >= 0.6 is 24.0 Å². The van der Waals surface area contributed by atoms with Crippen molar-refractivity contribution in [3.8, 4) is 11.5 Å². The van der Waals surface area contributed by atoms with Crippen LogP contribution in [0.2, 0.25) is 0 Å². The number of guanidine groups is 1. The Labute approximate surface area is 182 Å². The Balaban J connectivity index is 0.00000392. The summed E-state index contributed by atoms with van der Waals surface area (Å²) in [5.74, 6) is 1.71. The summed E-state index contributed by atoms with van der Waals surface area (Å²) in [5, 5.41) is 3.32. The molecule has 0 aliphatic carbocycles. The Morgan fingerprint density at radius 3 is 2.46 bits per heavy atom. The van der Waals surface area contributed by atoms with Gasteiger partial charge in [0.15, 0.2) is 12.6 Å². The van der Waals surface area contributed by atoms with Gasteiger partial charge in [0, 0.05) is 27.2 Å². The van der Waals surface area contributed by atoms with Crippen LogP contribution in [0, 0.1) is 0 Å². The maximum Gasteiger partial charge on any atom is 0.255 e. The molecule has 0 radical (unpaired) electrons. The van der Waals surface area contributed by atoms with Gasteiger partial charge in [-0.2, -0.15) is 0 Å². The number of primary amides is 1. The first-order chi connectivity index (χ1) is 13.0. The highest BCUT2D eigenvalue weighted by atomic mass is 127. The van der Waals surface area contributed by atoms with Gasteiger partial charge in [-0.1, -0.05) is 24.3 Å². The number of benzene rings is 2. The molecule has 0 fully saturated rings. The number of rotatable bonds is 8. The van der Waals surface area contributed by atoms with Crippen LogP contribution in [-0.4, -0.2) is 44.6 Å². The smallest absolute Gasteiger partial charge is 0.255 e. The van der Waals surface area contributed by atoms with E-state index in [0.717, 1.165) is 22.8 Å². The summed E-state index contributed by atoms with van der Waals surface area (Å²) in [6.45, 7) is 1.15. The summed E-state index contributed by atoms with van der Waals surface area (Å²) >= 11 is 0. The minimum absolute atomic E-state index is 0. The number of nitrogens with one attached hydrogen (secondary N) is 1. The Morgan fingerprint density at radius 1 is 1.14 bits per heavy atom. The molecule has 0 aromatic heterocycles. The fraction of sp³-hybridized carbons (Fsp3) is 0.300. The third kappa shape index (κ3) is 7.63. The van der Waals surface area contributed by atoms with E-state index < -0.39 is 5.91 Å². The van der Waals surface area contributed by atoms with Gasteiger partial charge in [-0.3, -0.25) is 9.79 Å². The largest absolute Gasteiger partial charge is 0.497 e. The number of halogens is 1. The quantitative estimate of drug-likeness (QED) is 0.332. The predicted molar refractivity (Wildman–Crippen MR) is 121 cm³/mol. The summed E-state index contributed by atoms with van der Waals surface area (Å²) < 4.78 is 10.5. The lowest BCUT2D eigenvalue weighted by Crippen LogP contribution is -2.38. The van der Waals surface area contributed by atoms with Crippen LogP contribution in [0.15, 0.2) is 53.5 Å². The van der Waals surface area contributed by atoms with E-state index >= 15 is 0 Å². The fourth-order valence-corrected chi connectivity index (χ4v) is 2.55. The minimum atomic E-state index is -0.501. The van der Waals surface area contributed by atoms with E-state index in [-0.39, 0.29) is 30.6 Å². The number of hydrogen-bond acceptors (Lipinski definition) is 4. The number of amides is 1. The zero-order valence-electron chi connectivity index (χ0n) is 16.3. The van der Waals surface area contributed by atoms with E-state index in [1.807, 2.05) is 54.4 Å². The van der Waals surface area contributed by atoms with E-state index in [4.69, 9.17) is 15.2 Å². The van der Waals surface area contributed by atoms with Crippen molar-refractivity contribution < 1.29 is 14.3 Å². The van der Waals surface area contributed by atoms with E-state index in [1.165, 1.54) is 0 Å². The SMILES string of the molecule is CN=C(NCc1cccc(OCC(N)=O)c1)N(C)Cc1ccc(OC)cc1.I. The lowest BCUT2D eigenvalue weighted by Gasteiger charge is -2.22. The maximum absolute atomic E-state index is 10.8. The Bertz CT molecular complexity index is 781. The summed E-state index contributed by atoms with van der Waals surface area (Å²) in [6.07, 6.45) is 0. The first-order valence-electron chi connectivity index (χ1n) is 8.56. The van der Waals surface area contributed by atoms with E-state index in [1.54, 1.807) is 20.2 Å². The van der Waals surface area contributed by atoms with Crippen LogP contribution in [0.5, 0.6) is 11.5 Å². The van der Waals surface area contributed by atoms with Crippen LogP contribution in [-0.2, 0) is 17.9 Å². The van der Waals surface area contributed by atoms with Crippen LogP contribution in [0.3, 0.4) is 0 Å². The van der Waals surface area contributed by atoms with Gasteiger partial charge >= 0.3 is 0 Å². The number of ether oxygens (including phenoxy) is 2. The number of carbonyl (C=O) groups excluding carboxylic acids is 1. The average molecular weight is 498 g/mol. The van der Waals surface area contributed by atoms with Crippen molar-refractivity contribution in [2.75, 3.05) is 27.8 Å². The van der Waals surface area contributed by atoms with Gasteiger partial charge in [0.2, 0.25) is 0 Å². The van der Waals surface area contributed by atoms with E-state index in [0.29, 0.717) is 18.8 Å². The van der Waals surface area contributed by atoms with Gasteiger partial charge in [-0.05, 0) is 35.4 Å². The van der Waals surface area contributed by atoms with Gasteiger partial charge in [-0.15, -0.1) is 24.0 Å². The van der Waals surface area contributed by atoms with E-state index in [2.05, 4.69) is 10.3 Å². The molecule has 2 rings (SSSR count). The molecule has 0 heterocycles. The number of carbonyl (C=O) groups is 1. The van der Waals surface area contributed by atoms with Crippen molar-refractivity contribution in [3.05, 3.63) is 59.7 Å². The average Bonchev–Trinajstić information content (AvgIpc) is 2.68. The number of nitrogens with two attached hydrogens (primary N) is 1. The number of aliphatic imine (C=N–C) groups is 1. The van der Waals surface area contributed by atoms with Gasteiger partial charge in [0.1, 0.15) is 11.5 Å². The predicted octanol–water partition coefficient (Wildman–Crippen LogP) is 2.38. The second-order valence-corrected chi connectivity index (χ2v) is 6.01. The molecule has 0 atom stereocenters. The van der Waals surface area contributed by atoms with Crippen molar-refractivity contribution >= 4 is 35.8 Å². The molecule has 2 aromatic rings. The molecule has 0 spiro atoms. The molecule has 0 aliphatic heterocycles. The van der Waals surface area contributed by atoms with Gasteiger partial charge in [0.25, 0.3) is 5.91 Å². The number of hydrogen-bond donors (Lipinski definition) is 2.